The molecule has 124 valence electrons. The first-order valence-electron chi connectivity index (χ1n) is 7.64. The molecular formula is C16H22N4O3. The van der Waals surface area contributed by atoms with E-state index in [1.807, 2.05) is 23.1 Å². The second-order valence-corrected chi connectivity index (χ2v) is 5.38. The molecule has 0 saturated carbocycles. The molecule has 23 heavy (non-hydrogen) atoms. The zero-order chi connectivity index (χ0) is 16.7. The summed E-state index contributed by atoms with van der Waals surface area (Å²) in [6.07, 6.45) is 0. The number of nitrogens with one attached hydrogen (secondary N) is 2. The van der Waals surface area contributed by atoms with E-state index in [4.69, 9.17) is 0 Å². The lowest BCUT2D eigenvalue weighted by Crippen LogP contribution is -2.51. The van der Waals surface area contributed by atoms with Crippen LogP contribution in [0, 0.1) is 0 Å². The van der Waals surface area contributed by atoms with Gasteiger partial charge in [-0.25, -0.2) is 0 Å². The minimum atomic E-state index is -0.225. The predicted molar refractivity (Wildman–Crippen MR) is 85.9 cm³/mol. The maximum Gasteiger partial charge on any atom is 0.253 e. The summed E-state index contributed by atoms with van der Waals surface area (Å²) in [6.45, 7) is 2.71. The molecule has 0 bridgehead atoms. The van der Waals surface area contributed by atoms with E-state index in [0.29, 0.717) is 31.7 Å². The van der Waals surface area contributed by atoms with Crippen LogP contribution in [0.5, 0.6) is 0 Å². The Morgan fingerprint density at radius 1 is 1.00 bits per heavy atom. The zero-order valence-electron chi connectivity index (χ0n) is 13.2. The van der Waals surface area contributed by atoms with Crippen LogP contribution in [0.15, 0.2) is 30.3 Å². The van der Waals surface area contributed by atoms with Gasteiger partial charge < -0.3 is 15.5 Å². The second-order valence-electron chi connectivity index (χ2n) is 5.38. The van der Waals surface area contributed by atoms with Crippen molar-refractivity contribution >= 4 is 17.7 Å². The highest BCUT2D eigenvalue weighted by molar-refractivity contribution is 5.94. The van der Waals surface area contributed by atoms with E-state index in [2.05, 4.69) is 10.6 Å². The minimum Gasteiger partial charge on any atom is -0.358 e. The Bertz CT molecular complexity index is 554. The molecule has 0 spiro atoms. The van der Waals surface area contributed by atoms with Crippen LogP contribution in [0.3, 0.4) is 0 Å². The monoisotopic (exact) mass is 318 g/mol. The lowest BCUT2D eigenvalue weighted by atomic mass is 10.2. The smallest absolute Gasteiger partial charge is 0.253 e. The first-order chi connectivity index (χ1) is 11.1. The van der Waals surface area contributed by atoms with Crippen LogP contribution in [0.25, 0.3) is 0 Å². The molecule has 7 heteroatoms. The third kappa shape index (κ3) is 5.07. The summed E-state index contributed by atoms with van der Waals surface area (Å²) in [4.78, 5) is 38.9. The number of piperazine rings is 1. The van der Waals surface area contributed by atoms with E-state index in [0.717, 1.165) is 0 Å². The number of amides is 3. The van der Waals surface area contributed by atoms with Gasteiger partial charge in [0.2, 0.25) is 11.8 Å². The van der Waals surface area contributed by atoms with Gasteiger partial charge in [-0.15, -0.1) is 0 Å². The molecule has 0 aliphatic carbocycles. The van der Waals surface area contributed by atoms with Crippen LogP contribution < -0.4 is 10.6 Å². The lowest BCUT2D eigenvalue weighted by Gasteiger charge is -2.34. The van der Waals surface area contributed by atoms with Crippen molar-refractivity contribution in [2.45, 2.75) is 0 Å². The summed E-state index contributed by atoms with van der Waals surface area (Å²) in [5.74, 6) is -0.387. The van der Waals surface area contributed by atoms with Gasteiger partial charge in [0.15, 0.2) is 0 Å². The minimum absolute atomic E-state index is 0.0121. The van der Waals surface area contributed by atoms with Crippen LogP contribution in [-0.4, -0.2) is 73.8 Å². The molecule has 1 heterocycles. The number of likely N-dealkylation sites (N-methyl/N-ethyl adjacent to an activating group) is 1. The van der Waals surface area contributed by atoms with Gasteiger partial charge in [-0.1, -0.05) is 18.2 Å². The Morgan fingerprint density at radius 2 is 1.65 bits per heavy atom. The lowest BCUT2D eigenvalue weighted by molar-refractivity contribution is -0.126. The number of carbonyl (C=O) groups excluding carboxylic acids is 3. The van der Waals surface area contributed by atoms with Crippen LogP contribution in [0.2, 0.25) is 0 Å². The molecule has 0 aromatic heterocycles. The summed E-state index contributed by atoms with van der Waals surface area (Å²) in [6, 6.07) is 9.19. The molecule has 2 rings (SSSR count). The van der Waals surface area contributed by atoms with Crippen molar-refractivity contribution in [1.82, 2.24) is 20.4 Å². The van der Waals surface area contributed by atoms with E-state index in [-0.39, 0.29) is 30.8 Å². The van der Waals surface area contributed by atoms with Crippen LogP contribution in [0.4, 0.5) is 0 Å². The van der Waals surface area contributed by atoms with Gasteiger partial charge in [0.1, 0.15) is 0 Å². The number of hydrogen-bond acceptors (Lipinski definition) is 4. The highest BCUT2D eigenvalue weighted by atomic mass is 16.2. The van der Waals surface area contributed by atoms with E-state index in [9.17, 15) is 14.4 Å². The third-order valence-electron chi connectivity index (χ3n) is 3.77. The van der Waals surface area contributed by atoms with Gasteiger partial charge in [-0.3, -0.25) is 19.3 Å². The molecule has 0 unspecified atom stereocenters. The molecule has 3 amide bonds. The Morgan fingerprint density at radius 3 is 2.26 bits per heavy atom. The van der Waals surface area contributed by atoms with Crippen molar-refractivity contribution < 1.29 is 14.4 Å². The van der Waals surface area contributed by atoms with E-state index in [1.54, 1.807) is 17.0 Å². The first-order valence-corrected chi connectivity index (χ1v) is 7.64. The van der Waals surface area contributed by atoms with Gasteiger partial charge in [-0.05, 0) is 12.1 Å². The summed E-state index contributed by atoms with van der Waals surface area (Å²) < 4.78 is 0. The van der Waals surface area contributed by atoms with Gasteiger partial charge >= 0.3 is 0 Å². The average Bonchev–Trinajstić information content (AvgIpc) is 2.60. The molecule has 0 radical (unpaired) electrons. The normalized spacial score (nSPS) is 15.1. The molecule has 1 fully saturated rings. The van der Waals surface area contributed by atoms with Crippen molar-refractivity contribution in [1.29, 1.82) is 0 Å². The third-order valence-corrected chi connectivity index (χ3v) is 3.77. The van der Waals surface area contributed by atoms with Crippen molar-refractivity contribution in [3.63, 3.8) is 0 Å². The summed E-state index contributed by atoms with van der Waals surface area (Å²) in [5.41, 5.74) is 0.685. The fraction of sp³-hybridized carbons (Fsp3) is 0.438. The van der Waals surface area contributed by atoms with E-state index < -0.39 is 0 Å². The summed E-state index contributed by atoms with van der Waals surface area (Å²) >= 11 is 0. The van der Waals surface area contributed by atoms with Crippen molar-refractivity contribution in [3.8, 4) is 0 Å². The van der Waals surface area contributed by atoms with Gasteiger partial charge in [0, 0.05) is 38.8 Å². The van der Waals surface area contributed by atoms with Gasteiger partial charge in [0.05, 0.1) is 13.1 Å². The average molecular weight is 318 g/mol. The standard InChI is InChI=1S/C16H22N4O3/c1-17-14(21)11-18-15(22)12-19-7-9-20(10-8-19)16(23)13-5-3-2-4-6-13/h2-6H,7-12H2,1H3,(H,17,21)(H,18,22). The fourth-order valence-electron chi connectivity index (χ4n) is 2.40. The van der Waals surface area contributed by atoms with Crippen LogP contribution in [0.1, 0.15) is 10.4 Å². The molecular weight excluding hydrogens is 296 g/mol. The maximum atomic E-state index is 12.3. The number of benzene rings is 1. The molecule has 2 N–H and O–H groups in total. The van der Waals surface area contributed by atoms with E-state index >= 15 is 0 Å². The number of nitrogens with zero attached hydrogens (tertiary/aromatic N) is 2. The maximum absolute atomic E-state index is 12.3. The van der Waals surface area contributed by atoms with E-state index in [1.165, 1.54) is 7.05 Å². The van der Waals surface area contributed by atoms with Crippen LogP contribution in [-0.2, 0) is 9.59 Å². The molecule has 1 aromatic carbocycles. The number of carbonyl (C=O) groups is 3. The Hall–Kier alpha value is -2.41. The van der Waals surface area contributed by atoms with Gasteiger partial charge in [0.25, 0.3) is 5.91 Å². The molecule has 1 aliphatic rings. The largest absolute Gasteiger partial charge is 0.358 e. The fourth-order valence-corrected chi connectivity index (χ4v) is 2.40. The molecule has 1 aliphatic heterocycles. The van der Waals surface area contributed by atoms with Gasteiger partial charge in [-0.2, -0.15) is 0 Å². The molecule has 1 saturated heterocycles. The second kappa shape index (κ2) is 8.28. The first kappa shape index (κ1) is 17.0. The zero-order valence-corrected chi connectivity index (χ0v) is 13.2. The highest BCUT2D eigenvalue weighted by Crippen LogP contribution is 2.08. The van der Waals surface area contributed by atoms with Crippen LogP contribution >= 0.6 is 0 Å². The Labute approximate surface area is 135 Å². The van der Waals surface area contributed by atoms with Crippen molar-refractivity contribution in [2.75, 3.05) is 46.3 Å². The summed E-state index contributed by atoms with van der Waals surface area (Å²) in [7, 11) is 1.53. The van der Waals surface area contributed by atoms with Crippen molar-refractivity contribution in [2.24, 2.45) is 0 Å². The Kier molecular flexibility index (Phi) is 6.10. The molecule has 0 atom stereocenters. The SMILES string of the molecule is CNC(=O)CNC(=O)CN1CCN(C(=O)c2ccccc2)CC1. The van der Waals surface area contributed by atoms with Crippen molar-refractivity contribution in [3.05, 3.63) is 35.9 Å². The molecule has 1 aromatic rings. The summed E-state index contributed by atoms with van der Waals surface area (Å²) in [5, 5.41) is 5.01. The molecule has 7 nitrogen and oxygen atoms in total. The highest BCUT2D eigenvalue weighted by Gasteiger charge is 2.23. The Balaban J connectivity index is 1.74. The topological polar surface area (TPSA) is 81.8 Å². The predicted octanol–water partition coefficient (Wildman–Crippen LogP) is -0.693. The number of hydrogen-bond donors (Lipinski definition) is 2. The number of rotatable bonds is 5. The quantitative estimate of drug-likeness (QED) is 0.753.